The molecule has 106 valence electrons. The van der Waals surface area contributed by atoms with Crippen LogP contribution in [0.2, 0.25) is 5.02 Å². The van der Waals surface area contributed by atoms with Crippen LogP contribution in [0.1, 0.15) is 22.8 Å². The largest absolute Gasteiger partial charge is 0.417 e. The van der Waals surface area contributed by atoms with Crippen molar-refractivity contribution in [2.75, 3.05) is 0 Å². The number of aliphatic hydroxyl groups excluding tert-OH is 1. The van der Waals surface area contributed by atoms with Crippen molar-refractivity contribution in [1.82, 2.24) is 0 Å². The van der Waals surface area contributed by atoms with Crippen molar-refractivity contribution in [3.63, 3.8) is 0 Å². The molecule has 1 N–H and O–H groups in total. The Bertz CT molecular complexity index is 611. The van der Waals surface area contributed by atoms with E-state index in [1.165, 1.54) is 12.1 Å². The van der Waals surface area contributed by atoms with E-state index in [1.54, 1.807) is 24.3 Å². The van der Waals surface area contributed by atoms with Gasteiger partial charge in [0.1, 0.15) is 6.10 Å². The lowest BCUT2D eigenvalue weighted by Gasteiger charge is -2.15. The quantitative estimate of drug-likeness (QED) is 0.775. The van der Waals surface area contributed by atoms with Crippen LogP contribution in [0.15, 0.2) is 46.9 Å². The van der Waals surface area contributed by atoms with Gasteiger partial charge in [-0.3, -0.25) is 0 Å². The van der Waals surface area contributed by atoms with Crippen LogP contribution in [0.4, 0.5) is 13.2 Å². The Labute approximate surface area is 127 Å². The van der Waals surface area contributed by atoms with Gasteiger partial charge in [0.15, 0.2) is 0 Å². The molecule has 0 bridgehead atoms. The van der Waals surface area contributed by atoms with Crippen molar-refractivity contribution >= 4 is 27.5 Å². The number of aliphatic hydroxyl groups is 1. The van der Waals surface area contributed by atoms with Crippen molar-refractivity contribution in [2.45, 2.75) is 12.3 Å². The summed E-state index contributed by atoms with van der Waals surface area (Å²) < 4.78 is 38.4. The second kappa shape index (κ2) is 5.76. The highest BCUT2D eigenvalue weighted by Crippen LogP contribution is 2.37. The average molecular weight is 366 g/mol. The molecule has 0 fully saturated rings. The van der Waals surface area contributed by atoms with Crippen LogP contribution in [0.5, 0.6) is 0 Å². The van der Waals surface area contributed by atoms with E-state index in [2.05, 4.69) is 15.9 Å². The standard InChI is InChI=1S/C14H9BrClF3O/c15-12-6-3-9(7-11(12)14(17,18)19)13(20)8-1-4-10(16)5-2-8/h1-7,13,20H. The smallest absolute Gasteiger partial charge is 0.384 e. The molecular formula is C14H9BrClF3O. The van der Waals surface area contributed by atoms with Crippen molar-refractivity contribution in [1.29, 1.82) is 0 Å². The second-order valence-electron chi connectivity index (χ2n) is 4.19. The molecule has 0 aromatic heterocycles. The molecule has 0 aliphatic carbocycles. The summed E-state index contributed by atoms with van der Waals surface area (Å²) in [6.45, 7) is 0. The molecule has 2 rings (SSSR count). The van der Waals surface area contributed by atoms with Crippen LogP contribution in [0.3, 0.4) is 0 Å². The average Bonchev–Trinajstić information content (AvgIpc) is 2.38. The molecule has 0 radical (unpaired) electrons. The molecular weight excluding hydrogens is 357 g/mol. The van der Waals surface area contributed by atoms with Gasteiger partial charge in [0.05, 0.1) is 5.56 Å². The molecule has 0 amide bonds. The maximum atomic E-state index is 12.8. The van der Waals surface area contributed by atoms with Crippen LogP contribution in [-0.2, 0) is 6.18 Å². The molecule has 1 atom stereocenters. The molecule has 0 saturated heterocycles. The molecule has 0 aliphatic rings. The van der Waals surface area contributed by atoms with E-state index in [-0.39, 0.29) is 10.0 Å². The minimum Gasteiger partial charge on any atom is -0.384 e. The van der Waals surface area contributed by atoms with Gasteiger partial charge < -0.3 is 5.11 Å². The molecule has 0 aliphatic heterocycles. The fourth-order valence-electron chi connectivity index (χ4n) is 1.77. The van der Waals surface area contributed by atoms with E-state index in [4.69, 9.17) is 11.6 Å². The van der Waals surface area contributed by atoms with E-state index in [9.17, 15) is 18.3 Å². The summed E-state index contributed by atoms with van der Waals surface area (Å²) in [5.41, 5.74) is -0.171. The Morgan fingerprint density at radius 2 is 1.55 bits per heavy atom. The highest BCUT2D eigenvalue weighted by Gasteiger charge is 2.33. The van der Waals surface area contributed by atoms with Crippen molar-refractivity contribution < 1.29 is 18.3 Å². The molecule has 1 nitrogen and oxygen atoms in total. The topological polar surface area (TPSA) is 20.2 Å². The highest BCUT2D eigenvalue weighted by atomic mass is 79.9. The molecule has 6 heteroatoms. The minimum atomic E-state index is -4.48. The molecule has 0 saturated carbocycles. The number of rotatable bonds is 2. The minimum absolute atomic E-state index is 0.0583. The Morgan fingerprint density at radius 1 is 1.00 bits per heavy atom. The number of halogens is 5. The Hall–Kier alpha value is -1.04. The summed E-state index contributed by atoms with van der Waals surface area (Å²) in [6.07, 6.45) is -5.62. The van der Waals surface area contributed by atoms with Crippen LogP contribution in [0.25, 0.3) is 0 Å². The van der Waals surface area contributed by atoms with E-state index in [0.717, 1.165) is 6.07 Å². The molecule has 2 aromatic rings. The first-order valence-corrected chi connectivity index (χ1v) is 6.76. The fourth-order valence-corrected chi connectivity index (χ4v) is 2.37. The number of hydrogen-bond acceptors (Lipinski definition) is 1. The van der Waals surface area contributed by atoms with Gasteiger partial charge in [0, 0.05) is 9.50 Å². The third-order valence-corrected chi connectivity index (χ3v) is 3.74. The lowest BCUT2D eigenvalue weighted by Crippen LogP contribution is -2.08. The first kappa shape index (κ1) is 15.4. The van der Waals surface area contributed by atoms with Gasteiger partial charge in [-0.25, -0.2) is 0 Å². The zero-order chi connectivity index (χ0) is 14.9. The van der Waals surface area contributed by atoms with Crippen LogP contribution < -0.4 is 0 Å². The van der Waals surface area contributed by atoms with Crippen molar-refractivity contribution in [3.05, 3.63) is 68.7 Å². The molecule has 0 spiro atoms. The summed E-state index contributed by atoms with van der Waals surface area (Å²) >= 11 is 8.59. The van der Waals surface area contributed by atoms with E-state index in [0.29, 0.717) is 10.6 Å². The number of hydrogen-bond donors (Lipinski definition) is 1. The monoisotopic (exact) mass is 364 g/mol. The second-order valence-corrected chi connectivity index (χ2v) is 5.48. The Balaban J connectivity index is 2.40. The fraction of sp³-hybridized carbons (Fsp3) is 0.143. The van der Waals surface area contributed by atoms with Gasteiger partial charge >= 0.3 is 6.18 Å². The van der Waals surface area contributed by atoms with Gasteiger partial charge in [-0.15, -0.1) is 0 Å². The lowest BCUT2D eigenvalue weighted by atomic mass is 9.99. The summed E-state index contributed by atoms with van der Waals surface area (Å²) in [5, 5.41) is 10.6. The van der Waals surface area contributed by atoms with Crippen LogP contribution in [-0.4, -0.2) is 5.11 Å². The summed E-state index contributed by atoms with van der Waals surface area (Å²) in [4.78, 5) is 0. The van der Waals surface area contributed by atoms with Crippen LogP contribution >= 0.6 is 27.5 Å². The summed E-state index contributed by atoms with van der Waals surface area (Å²) in [6, 6.07) is 9.94. The normalized spacial score (nSPS) is 13.3. The maximum Gasteiger partial charge on any atom is 0.417 e. The number of alkyl halides is 3. The highest BCUT2D eigenvalue weighted by molar-refractivity contribution is 9.10. The van der Waals surface area contributed by atoms with Crippen molar-refractivity contribution in [2.24, 2.45) is 0 Å². The maximum absolute atomic E-state index is 12.8. The Kier molecular flexibility index (Phi) is 4.42. The molecule has 2 aromatic carbocycles. The zero-order valence-electron chi connectivity index (χ0n) is 9.96. The number of benzene rings is 2. The molecule has 0 heterocycles. The lowest BCUT2D eigenvalue weighted by molar-refractivity contribution is -0.138. The van der Waals surface area contributed by atoms with Gasteiger partial charge in [0.25, 0.3) is 0 Å². The SMILES string of the molecule is OC(c1ccc(Cl)cc1)c1ccc(Br)c(C(F)(F)F)c1. The predicted octanol–water partition coefficient (Wildman–Crippen LogP) is 5.20. The van der Waals surface area contributed by atoms with E-state index in [1.807, 2.05) is 0 Å². The third kappa shape index (κ3) is 3.34. The van der Waals surface area contributed by atoms with E-state index < -0.39 is 17.8 Å². The van der Waals surface area contributed by atoms with Gasteiger partial charge in [-0.05, 0) is 35.4 Å². The molecule has 1 unspecified atom stereocenters. The summed E-state index contributed by atoms with van der Waals surface area (Å²) in [7, 11) is 0. The Morgan fingerprint density at radius 3 is 2.10 bits per heavy atom. The molecule has 20 heavy (non-hydrogen) atoms. The van der Waals surface area contributed by atoms with Gasteiger partial charge in [-0.2, -0.15) is 13.2 Å². The first-order chi connectivity index (χ1) is 9.29. The van der Waals surface area contributed by atoms with Crippen LogP contribution in [0, 0.1) is 0 Å². The van der Waals surface area contributed by atoms with Gasteiger partial charge in [0.2, 0.25) is 0 Å². The van der Waals surface area contributed by atoms with E-state index >= 15 is 0 Å². The predicted molar refractivity (Wildman–Crippen MR) is 74.7 cm³/mol. The third-order valence-electron chi connectivity index (χ3n) is 2.80. The first-order valence-electron chi connectivity index (χ1n) is 5.59. The summed E-state index contributed by atoms with van der Waals surface area (Å²) in [5.74, 6) is 0. The van der Waals surface area contributed by atoms with Gasteiger partial charge in [-0.1, -0.05) is 45.7 Å². The zero-order valence-corrected chi connectivity index (χ0v) is 12.3. The van der Waals surface area contributed by atoms with Crippen molar-refractivity contribution in [3.8, 4) is 0 Å².